The predicted molar refractivity (Wildman–Crippen MR) is 152 cm³/mol. The van der Waals surface area contributed by atoms with Crippen LogP contribution in [0.4, 0.5) is 0 Å². The molecule has 8 nitrogen and oxygen atoms in total. The van der Waals surface area contributed by atoms with E-state index in [4.69, 9.17) is 18.9 Å². The van der Waals surface area contributed by atoms with E-state index in [0.29, 0.717) is 36.2 Å². The maximum atomic E-state index is 13.3. The molecule has 0 unspecified atom stereocenters. The van der Waals surface area contributed by atoms with Crippen LogP contribution in [0.2, 0.25) is 0 Å². The summed E-state index contributed by atoms with van der Waals surface area (Å²) in [5.41, 5.74) is 0.0805. The van der Waals surface area contributed by atoms with Crippen molar-refractivity contribution in [2.75, 3.05) is 13.7 Å². The van der Waals surface area contributed by atoms with Crippen molar-refractivity contribution in [1.29, 1.82) is 0 Å². The number of ether oxygens (including phenoxy) is 3. The van der Waals surface area contributed by atoms with E-state index in [0.717, 1.165) is 24.8 Å². The molecule has 2 N–H and O–H groups in total. The second-order valence-corrected chi connectivity index (χ2v) is 13.0. The van der Waals surface area contributed by atoms with Gasteiger partial charge in [-0.05, 0) is 79.4 Å². The fourth-order valence-corrected chi connectivity index (χ4v) is 7.41. The van der Waals surface area contributed by atoms with Gasteiger partial charge in [-0.25, -0.2) is 4.79 Å². The van der Waals surface area contributed by atoms with Crippen molar-refractivity contribution in [2.45, 2.75) is 92.0 Å². The van der Waals surface area contributed by atoms with E-state index in [9.17, 15) is 19.7 Å². The van der Waals surface area contributed by atoms with Gasteiger partial charge in [-0.15, -0.1) is 6.58 Å². The lowest BCUT2D eigenvalue weighted by Crippen LogP contribution is -2.58. The Morgan fingerprint density at radius 3 is 2.62 bits per heavy atom. The van der Waals surface area contributed by atoms with E-state index in [-0.39, 0.29) is 41.7 Å². The van der Waals surface area contributed by atoms with Crippen molar-refractivity contribution in [1.82, 2.24) is 0 Å². The Morgan fingerprint density at radius 2 is 1.98 bits per heavy atom. The van der Waals surface area contributed by atoms with Crippen molar-refractivity contribution < 1.29 is 38.6 Å². The summed E-state index contributed by atoms with van der Waals surface area (Å²) in [5.74, 6) is 0.605. The van der Waals surface area contributed by atoms with E-state index in [1.807, 2.05) is 6.92 Å². The van der Waals surface area contributed by atoms with Crippen molar-refractivity contribution in [3.8, 4) is 11.5 Å². The Kier molecular flexibility index (Phi) is 8.79. The first-order valence-corrected chi connectivity index (χ1v) is 14.4. The minimum Gasteiger partial charge on any atom is -0.493 e. The molecule has 1 heterocycles. The van der Waals surface area contributed by atoms with E-state index in [1.165, 1.54) is 7.11 Å². The van der Waals surface area contributed by atoms with Crippen molar-refractivity contribution in [3.05, 3.63) is 30.4 Å². The molecule has 1 aliphatic heterocycles. The molecule has 1 aromatic rings. The van der Waals surface area contributed by atoms with Gasteiger partial charge in [0.1, 0.15) is 11.9 Å². The van der Waals surface area contributed by atoms with Gasteiger partial charge < -0.3 is 33.8 Å². The first-order valence-electron chi connectivity index (χ1n) is 14.4. The summed E-state index contributed by atoms with van der Waals surface area (Å²) in [6, 6.07) is 3.37. The van der Waals surface area contributed by atoms with Crippen molar-refractivity contribution >= 4 is 24.3 Å². The third-order valence-corrected chi connectivity index (χ3v) is 10.6. The van der Waals surface area contributed by atoms with E-state index < -0.39 is 30.7 Å². The number of methoxy groups -OCH3 is 1. The number of rotatable bonds is 9. The zero-order chi connectivity index (χ0) is 29.5. The molecule has 0 aromatic heterocycles. The number of hydrogen-bond donors (Lipinski definition) is 2. The van der Waals surface area contributed by atoms with Gasteiger partial charge in [0.2, 0.25) is 0 Å². The number of fused-ring (bicyclic) bond motifs is 3. The number of aliphatic hydroxyl groups excluding tert-OH is 1. The van der Waals surface area contributed by atoms with Crippen LogP contribution in [0.15, 0.2) is 24.8 Å². The van der Waals surface area contributed by atoms with Crippen LogP contribution in [0.25, 0.3) is 0 Å². The molecular weight excluding hydrogens is 511 g/mol. The van der Waals surface area contributed by atoms with E-state index in [1.54, 1.807) is 25.1 Å². The Hall–Kier alpha value is -2.36. The lowest BCUT2D eigenvalue weighted by atomic mass is 9.47. The number of carbonyl (C=O) groups excluding carboxylic acids is 2. The zero-order valence-corrected chi connectivity index (χ0v) is 24.8. The molecule has 2 aliphatic carbocycles. The first-order chi connectivity index (χ1) is 18.8. The molecule has 9 heteroatoms. The fraction of sp³-hybridized carbons (Fsp3) is 0.677. The number of aliphatic hydroxyl groups is 1. The van der Waals surface area contributed by atoms with Crippen LogP contribution in [-0.4, -0.2) is 54.9 Å². The standard InChI is InChI=1S/C31H45BO8/c1-8-29(5)15-26(30(6)18-31(11-9-19(30)2,12-10-20(3)33)21(4)28(29)35)40-27(34)17-38-25-14-23-22(13-24(25)37-7)16-39-32(23)36/h8,13-14,19,21,26,28,35-36H,1,9-12,15-18H2,2-7H3/t19-,21+,26-,28+,29-,30+,31-/m1/s1. The fourth-order valence-electron chi connectivity index (χ4n) is 7.41. The Labute approximate surface area is 238 Å². The molecule has 40 heavy (non-hydrogen) atoms. The van der Waals surface area contributed by atoms with Crippen LogP contribution < -0.4 is 14.9 Å². The highest BCUT2D eigenvalue weighted by Crippen LogP contribution is 2.62. The number of ketones is 1. The van der Waals surface area contributed by atoms with E-state index in [2.05, 4.69) is 27.4 Å². The van der Waals surface area contributed by atoms with Crippen LogP contribution >= 0.6 is 0 Å². The summed E-state index contributed by atoms with van der Waals surface area (Å²) in [6.45, 7) is 14.1. The van der Waals surface area contributed by atoms with Crippen LogP contribution in [0.1, 0.15) is 78.7 Å². The summed E-state index contributed by atoms with van der Waals surface area (Å²) in [5, 5.41) is 21.8. The Morgan fingerprint density at radius 1 is 1.25 bits per heavy atom. The van der Waals surface area contributed by atoms with Gasteiger partial charge in [0, 0.05) is 17.3 Å². The monoisotopic (exact) mass is 556 g/mol. The van der Waals surface area contributed by atoms with Gasteiger partial charge in [-0.3, -0.25) is 0 Å². The maximum absolute atomic E-state index is 13.3. The number of esters is 1. The molecule has 2 saturated carbocycles. The molecule has 220 valence electrons. The van der Waals surface area contributed by atoms with Crippen LogP contribution in [0, 0.1) is 28.1 Å². The molecule has 0 radical (unpaired) electrons. The molecule has 0 amide bonds. The van der Waals surface area contributed by atoms with Gasteiger partial charge in [0.25, 0.3) is 0 Å². The van der Waals surface area contributed by atoms with Gasteiger partial charge >= 0.3 is 13.1 Å². The van der Waals surface area contributed by atoms with Gasteiger partial charge in [0.05, 0.1) is 19.8 Å². The van der Waals surface area contributed by atoms with Gasteiger partial charge in [-0.2, -0.15) is 0 Å². The molecule has 2 fully saturated rings. The molecular formula is C31H45BO8. The molecule has 1 aromatic carbocycles. The summed E-state index contributed by atoms with van der Waals surface area (Å²) in [7, 11) is 0.464. The summed E-state index contributed by atoms with van der Waals surface area (Å²) in [4.78, 5) is 25.4. The normalized spacial score (nSPS) is 35.2. The van der Waals surface area contributed by atoms with E-state index >= 15 is 0 Å². The number of carbonyl (C=O) groups is 2. The lowest BCUT2D eigenvalue weighted by molar-refractivity contribution is -0.190. The van der Waals surface area contributed by atoms with Crippen molar-refractivity contribution in [3.63, 3.8) is 0 Å². The predicted octanol–water partition coefficient (Wildman–Crippen LogP) is 3.98. The number of benzene rings is 1. The number of Topliss-reactive ketones (excluding diaryl/α,β-unsaturated/α-hetero) is 1. The second kappa shape index (κ2) is 11.5. The minimum absolute atomic E-state index is 0.0479. The van der Waals surface area contributed by atoms with Crippen LogP contribution in [0.3, 0.4) is 0 Å². The largest absolute Gasteiger partial charge is 0.493 e. The highest BCUT2D eigenvalue weighted by Gasteiger charge is 2.58. The summed E-state index contributed by atoms with van der Waals surface area (Å²) < 4.78 is 22.8. The summed E-state index contributed by atoms with van der Waals surface area (Å²) in [6.07, 6.45) is 4.81. The highest BCUT2D eigenvalue weighted by atomic mass is 16.6. The maximum Gasteiger partial charge on any atom is 0.491 e. The third-order valence-electron chi connectivity index (χ3n) is 10.6. The third kappa shape index (κ3) is 5.57. The number of hydrogen-bond acceptors (Lipinski definition) is 8. The van der Waals surface area contributed by atoms with Crippen LogP contribution in [-0.2, 0) is 25.6 Å². The quantitative estimate of drug-likeness (QED) is 0.267. The zero-order valence-electron chi connectivity index (χ0n) is 24.8. The first kappa shape index (κ1) is 30.6. The Bertz CT molecular complexity index is 1140. The molecule has 0 saturated heterocycles. The molecule has 7 atom stereocenters. The molecule has 4 rings (SSSR count). The van der Waals surface area contributed by atoms with Crippen molar-refractivity contribution in [2.24, 2.45) is 28.1 Å². The molecule has 2 bridgehead atoms. The smallest absolute Gasteiger partial charge is 0.491 e. The Balaban J connectivity index is 1.60. The average molecular weight is 557 g/mol. The molecule has 0 spiro atoms. The molecule has 3 aliphatic rings. The minimum atomic E-state index is -1.05. The van der Waals surface area contributed by atoms with Gasteiger partial charge in [0.15, 0.2) is 18.1 Å². The second-order valence-electron chi connectivity index (χ2n) is 13.0. The SMILES string of the molecule is C=C[C@]1(C)C[C@@H](OC(=O)COc2cc3c(cc2OC)COB3O)[C@@]2(C)C[C@](CCC(C)=O)(CC[C@H]2C)[C@@H](C)[C@@H]1O. The lowest BCUT2D eigenvalue weighted by Gasteiger charge is -2.60. The topological polar surface area (TPSA) is 112 Å². The van der Waals surface area contributed by atoms with Gasteiger partial charge in [-0.1, -0.05) is 33.8 Å². The van der Waals surface area contributed by atoms with Crippen LogP contribution in [0.5, 0.6) is 11.5 Å². The average Bonchev–Trinajstić information content (AvgIpc) is 3.29. The summed E-state index contributed by atoms with van der Waals surface area (Å²) >= 11 is 0. The highest BCUT2D eigenvalue weighted by molar-refractivity contribution is 6.61.